The summed E-state index contributed by atoms with van der Waals surface area (Å²) >= 11 is 1.39. The van der Waals surface area contributed by atoms with Crippen LogP contribution in [0.5, 0.6) is 5.75 Å². The van der Waals surface area contributed by atoms with Crippen LogP contribution in [0.4, 0.5) is 0 Å². The highest BCUT2D eigenvalue weighted by atomic mass is 32.1. The van der Waals surface area contributed by atoms with Crippen molar-refractivity contribution in [2.75, 3.05) is 13.7 Å². The second-order valence-electron chi connectivity index (χ2n) is 5.75. The van der Waals surface area contributed by atoms with Crippen LogP contribution in [0.1, 0.15) is 20.1 Å². The fourth-order valence-electron chi connectivity index (χ4n) is 2.48. The van der Waals surface area contributed by atoms with E-state index in [1.54, 1.807) is 19.3 Å². The van der Waals surface area contributed by atoms with Crippen molar-refractivity contribution in [3.8, 4) is 5.75 Å². The van der Waals surface area contributed by atoms with Gasteiger partial charge >= 0.3 is 5.97 Å². The van der Waals surface area contributed by atoms with Crippen molar-refractivity contribution in [2.24, 2.45) is 0 Å². The van der Waals surface area contributed by atoms with E-state index in [1.807, 2.05) is 49.4 Å². The summed E-state index contributed by atoms with van der Waals surface area (Å²) in [5, 5.41) is 2.10. The molecule has 0 unspecified atom stereocenters. The average molecular weight is 366 g/mol. The molecule has 3 rings (SSSR count). The molecule has 0 saturated carbocycles. The standard InChI is InChI=1S/C21H18O4S/c1-14-3-9-20(26-14)19(22)13-25-21(23)10-5-15-4-6-17-12-18(24-2)8-7-16(17)11-15/h3-12H,13H2,1-2H3/b10-5+. The average Bonchev–Trinajstić information content (AvgIpc) is 3.10. The molecule has 0 amide bonds. The van der Waals surface area contributed by atoms with Gasteiger partial charge in [-0.05, 0) is 59.7 Å². The van der Waals surface area contributed by atoms with Gasteiger partial charge in [0.15, 0.2) is 6.61 Å². The van der Waals surface area contributed by atoms with Crippen LogP contribution in [0.25, 0.3) is 16.8 Å². The third-order valence-corrected chi connectivity index (χ3v) is 4.89. The van der Waals surface area contributed by atoms with Gasteiger partial charge in [-0.3, -0.25) is 4.79 Å². The maximum atomic E-state index is 11.9. The van der Waals surface area contributed by atoms with Gasteiger partial charge in [-0.25, -0.2) is 4.79 Å². The molecule has 1 aromatic heterocycles. The van der Waals surface area contributed by atoms with E-state index in [9.17, 15) is 9.59 Å². The molecule has 0 fully saturated rings. The van der Waals surface area contributed by atoms with Crippen LogP contribution in [-0.4, -0.2) is 25.5 Å². The minimum absolute atomic E-state index is 0.190. The van der Waals surface area contributed by atoms with Gasteiger partial charge in [0.05, 0.1) is 12.0 Å². The van der Waals surface area contributed by atoms with Gasteiger partial charge < -0.3 is 9.47 Å². The largest absolute Gasteiger partial charge is 0.497 e. The highest BCUT2D eigenvalue weighted by Crippen LogP contribution is 2.22. The summed E-state index contributed by atoms with van der Waals surface area (Å²) in [4.78, 5) is 25.4. The van der Waals surface area contributed by atoms with Crippen LogP contribution in [-0.2, 0) is 9.53 Å². The Morgan fingerprint density at radius 3 is 2.54 bits per heavy atom. The highest BCUT2D eigenvalue weighted by molar-refractivity contribution is 7.14. The van der Waals surface area contributed by atoms with E-state index < -0.39 is 5.97 Å². The summed E-state index contributed by atoms with van der Waals surface area (Å²) in [6.45, 7) is 1.68. The molecule has 0 radical (unpaired) electrons. The summed E-state index contributed by atoms with van der Waals surface area (Å²) in [5.41, 5.74) is 0.875. The smallest absolute Gasteiger partial charge is 0.331 e. The van der Waals surface area contributed by atoms with E-state index in [0.717, 1.165) is 27.0 Å². The molecule has 0 N–H and O–H groups in total. The number of thiophene rings is 1. The molecule has 1 heterocycles. The normalized spacial score (nSPS) is 11.0. The molecular formula is C21H18O4S. The van der Waals surface area contributed by atoms with Crippen molar-refractivity contribution in [2.45, 2.75) is 6.92 Å². The Balaban J connectivity index is 1.60. The Hall–Kier alpha value is -2.92. The first-order valence-electron chi connectivity index (χ1n) is 8.07. The van der Waals surface area contributed by atoms with Crippen molar-refractivity contribution < 1.29 is 19.1 Å². The van der Waals surface area contributed by atoms with Gasteiger partial charge in [-0.1, -0.05) is 18.2 Å². The molecule has 0 aliphatic carbocycles. The van der Waals surface area contributed by atoms with Crippen molar-refractivity contribution in [1.82, 2.24) is 0 Å². The number of aryl methyl sites for hydroxylation is 1. The lowest BCUT2D eigenvalue weighted by atomic mass is 10.1. The zero-order valence-corrected chi connectivity index (χ0v) is 15.3. The number of fused-ring (bicyclic) bond motifs is 1. The summed E-state index contributed by atoms with van der Waals surface area (Å²) < 4.78 is 10.2. The number of Topliss-reactive ketones (excluding diaryl/α,β-unsaturated/α-hetero) is 1. The number of benzene rings is 2. The van der Waals surface area contributed by atoms with E-state index in [-0.39, 0.29) is 12.4 Å². The Bertz CT molecular complexity index is 985. The van der Waals surface area contributed by atoms with Crippen molar-refractivity contribution >= 4 is 39.9 Å². The van der Waals surface area contributed by atoms with Crippen molar-refractivity contribution in [3.63, 3.8) is 0 Å². The Labute approximate surface area is 155 Å². The maximum Gasteiger partial charge on any atom is 0.331 e. The third kappa shape index (κ3) is 4.37. The van der Waals surface area contributed by atoms with Crippen LogP contribution >= 0.6 is 11.3 Å². The minimum Gasteiger partial charge on any atom is -0.497 e. The topological polar surface area (TPSA) is 52.6 Å². The van der Waals surface area contributed by atoms with Crippen molar-refractivity contribution in [1.29, 1.82) is 0 Å². The van der Waals surface area contributed by atoms with Crippen molar-refractivity contribution in [3.05, 3.63) is 69.9 Å². The Morgan fingerprint density at radius 1 is 1.04 bits per heavy atom. The first-order chi connectivity index (χ1) is 12.5. The van der Waals surface area contributed by atoms with Gasteiger partial charge in [0.25, 0.3) is 0 Å². The van der Waals surface area contributed by atoms with Crippen LogP contribution in [0.15, 0.2) is 54.6 Å². The number of carbonyl (C=O) groups is 2. The zero-order valence-electron chi connectivity index (χ0n) is 14.5. The molecule has 0 aliphatic heterocycles. The van der Waals surface area contributed by atoms with Crippen LogP contribution in [0.3, 0.4) is 0 Å². The van der Waals surface area contributed by atoms with Gasteiger partial charge in [0.2, 0.25) is 5.78 Å². The number of ketones is 1. The van der Waals surface area contributed by atoms with Crippen LogP contribution in [0.2, 0.25) is 0 Å². The summed E-state index contributed by atoms with van der Waals surface area (Å²) in [6.07, 6.45) is 3.00. The van der Waals surface area contributed by atoms with E-state index in [4.69, 9.17) is 9.47 Å². The number of esters is 1. The molecular weight excluding hydrogens is 348 g/mol. The second-order valence-corrected chi connectivity index (χ2v) is 7.03. The molecule has 26 heavy (non-hydrogen) atoms. The summed E-state index contributed by atoms with van der Waals surface area (Å²) in [7, 11) is 1.63. The van der Waals surface area contributed by atoms with Crippen LogP contribution < -0.4 is 4.74 Å². The van der Waals surface area contributed by atoms with E-state index in [0.29, 0.717) is 4.88 Å². The van der Waals surface area contributed by atoms with Crippen LogP contribution in [0, 0.1) is 6.92 Å². The monoisotopic (exact) mass is 366 g/mol. The molecule has 0 aliphatic rings. The molecule has 3 aromatic rings. The third-order valence-electron chi connectivity index (χ3n) is 3.84. The molecule has 2 aromatic carbocycles. The number of rotatable bonds is 6. The molecule has 0 atom stereocenters. The van der Waals surface area contributed by atoms with E-state index in [2.05, 4.69) is 0 Å². The number of hydrogen-bond donors (Lipinski definition) is 0. The fraction of sp³-hybridized carbons (Fsp3) is 0.143. The lowest BCUT2D eigenvalue weighted by Gasteiger charge is -2.03. The maximum absolute atomic E-state index is 11.9. The van der Waals surface area contributed by atoms with Gasteiger partial charge in [-0.2, -0.15) is 0 Å². The fourth-order valence-corrected chi connectivity index (χ4v) is 3.27. The second kappa shape index (κ2) is 7.97. The molecule has 0 saturated heterocycles. The zero-order chi connectivity index (χ0) is 18.5. The predicted molar refractivity (Wildman–Crippen MR) is 104 cm³/mol. The molecule has 5 heteroatoms. The number of ether oxygens (including phenoxy) is 2. The summed E-state index contributed by atoms with van der Waals surface area (Å²) in [5.74, 6) is 0.0703. The molecule has 132 valence electrons. The molecule has 0 bridgehead atoms. The van der Waals surface area contributed by atoms with E-state index in [1.165, 1.54) is 17.4 Å². The number of carbonyl (C=O) groups excluding carboxylic acids is 2. The molecule has 4 nitrogen and oxygen atoms in total. The first kappa shape index (κ1) is 17.9. The quantitative estimate of drug-likeness (QED) is 0.362. The first-order valence-corrected chi connectivity index (χ1v) is 8.89. The minimum atomic E-state index is -0.540. The number of hydrogen-bond acceptors (Lipinski definition) is 5. The Morgan fingerprint density at radius 2 is 1.81 bits per heavy atom. The Kier molecular flexibility index (Phi) is 5.49. The number of methoxy groups -OCH3 is 1. The molecule has 0 spiro atoms. The predicted octanol–water partition coefficient (Wildman–Crippen LogP) is 4.66. The summed E-state index contributed by atoms with van der Waals surface area (Å²) in [6, 6.07) is 15.3. The van der Waals surface area contributed by atoms with Gasteiger partial charge in [0, 0.05) is 11.0 Å². The lowest BCUT2D eigenvalue weighted by molar-refractivity contribution is -0.136. The van der Waals surface area contributed by atoms with Gasteiger partial charge in [0.1, 0.15) is 5.75 Å². The van der Waals surface area contributed by atoms with Gasteiger partial charge in [-0.15, -0.1) is 11.3 Å². The highest BCUT2D eigenvalue weighted by Gasteiger charge is 2.10. The van der Waals surface area contributed by atoms with E-state index >= 15 is 0 Å². The lowest BCUT2D eigenvalue weighted by Crippen LogP contribution is -2.11. The SMILES string of the molecule is COc1ccc2cc(/C=C/C(=O)OCC(=O)c3ccc(C)s3)ccc2c1.